The largest absolute Gasteiger partial charge is 0.497 e. The Morgan fingerprint density at radius 1 is 1.47 bits per heavy atom. The minimum atomic E-state index is -0.404. The number of H-pyrrole nitrogens is 1. The fourth-order valence-electron chi connectivity index (χ4n) is 1.69. The van der Waals surface area contributed by atoms with E-state index >= 15 is 0 Å². The van der Waals surface area contributed by atoms with Crippen molar-refractivity contribution < 1.29 is 9.53 Å². The summed E-state index contributed by atoms with van der Waals surface area (Å²) in [6.07, 6.45) is 0. The number of carbonyl (C=O) groups is 1. The number of halogens is 1. The molecule has 19 heavy (non-hydrogen) atoms. The second-order valence-electron chi connectivity index (χ2n) is 4.00. The van der Waals surface area contributed by atoms with Crippen LogP contribution in [0.5, 0.6) is 5.75 Å². The number of nitrogens with one attached hydrogen (secondary N) is 2. The normalized spacial score (nSPS) is 10.5. The summed E-state index contributed by atoms with van der Waals surface area (Å²) < 4.78 is 5.10. The van der Waals surface area contributed by atoms with Crippen molar-refractivity contribution in [3.63, 3.8) is 0 Å². The number of methoxy groups -OCH3 is 1. The Morgan fingerprint density at radius 3 is 2.74 bits per heavy atom. The molecule has 0 atom stereocenters. The third-order valence-electron chi connectivity index (χ3n) is 2.79. The standard InChI is InChI=1S/C12H13ClN4O2/c1-17(12(14)15)11(18)10-5-7-8(13)3-6(19-2)4-9(7)16-10/h3-5,16H,1-2H3,(H3,14,15). The van der Waals surface area contributed by atoms with Crippen LogP contribution in [0, 0.1) is 5.41 Å². The first-order chi connectivity index (χ1) is 8.93. The maximum atomic E-state index is 12.0. The molecule has 0 radical (unpaired) electrons. The van der Waals surface area contributed by atoms with Crippen LogP contribution in [0.1, 0.15) is 10.5 Å². The van der Waals surface area contributed by atoms with Gasteiger partial charge in [-0.25, -0.2) is 0 Å². The number of rotatable bonds is 2. The number of amides is 1. The van der Waals surface area contributed by atoms with E-state index in [0.717, 1.165) is 4.90 Å². The maximum absolute atomic E-state index is 12.0. The molecule has 4 N–H and O–H groups in total. The Bertz CT molecular complexity index is 665. The Kier molecular flexibility index (Phi) is 3.35. The van der Waals surface area contributed by atoms with Gasteiger partial charge in [-0.2, -0.15) is 0 Å². The Balaban J connectivity index is 2.50. The number of hydrogen-bond donors (Lipinski definition) is 3. The lowest BCUT2D eigenvalue weighted by Gasteiger charge is -2.12. The van der Waals surface area contributed by atoms with Crippen molar-refractivity contribution >= 4 is 34.4 Å². The zero-order chi connectivity index (χ0) is 14.2. The SMILES string of the molecule is COc1cc(Cl)c2cc(C(=O)N(C)C(=N)N)[nH]c2c1. The molecule has 2 rings (SSSR count). The van der Waals surface area contributed by atoms with Gasteiger partial charge in [0.05, 0.1) is 17.6 Å². The first-order valence-corrected chi connectivity index (χ1v) is 5.80. The second kappa shape index (κ2) is 4.81. The number of carbonyl (C=O) groups excluding carboxylic acids is 1. The number of ether oxygens (including phenoxy) is 1. The van der Waals surface area contributed by atoms with E-state index in [-0.39, 0.29) is 5.96 Å². The summed E-state index contributed by atoms with van der Waals surface area (Å²) in [7, 11) is 2.97. The van der Waals surface area contributed by atoms with Gasteiger partial charge in [-0.15, -0.1) is 0 Å². The van der Waals surface area contributed by atoms with Gasteiger partial charge in [0.1, 0.15) is 11.4 Å². The molecule has 0 spiro atoms. The van der Waals surface area contributed by atoms with Gasteiger partial charge in [-0.1, -0.05) is 11.6 Å². The number of benzene rings is 1. The fraction of sp³-hybridized carbons (Fsp3) is 0.167. The van der Waals surface area contributed by atoms with Crippen molar-refractivity contribution in [2.75, 3.05) is 14.2 Å². The highest BCUT2D eigenvalue weighted by atomic mass is 35.5. The molecule has 100 valence electrons. The van der Waals surface area contributed by atoms with Gasteiger partial charge < -0.3 is 15.5 Å². The highest BCUT2D eigenvalue weighted by Gasteiger charge is 2.17. The Hall–Kier alpha value is -2.21. The van der Waals surface area contributed by atoms with Crippen LogP contribution < -0.4 is 10.5 Å². The number of guanidine groups is 1. The predicted molar refractivity (Wildman–Crippen MR) is 73.9 cm³/mol. The molecule has 1 aromatic heterocycles. The molecule has 0 aliphatic heterocycles. The molecule has 0 aliphatic carbocycles. The average molecular weight is 281 g/mol. The number of aromatic nitrogens is 1. The Labute approximate surface area is 114 Å². The van der Waals surface area contributed by atoms with Crippen LogP contribution in [0.3, 0.4) is 0 Å². The lowest BCUT2D eigenvalue weighted by Crippen LogP contribution is -2.38. The summed E-state index contributed by atoms with van der Waals surface area (Å²) in [4.78, 5) is 16.0. The summed E-state index contributed by atoms with van der Waals surface area (Å²) >= 11 is 6.11. The van der Waals surface area contributed by atoms with Crippen LogP contribution in [0.15, 0.2) is 18.2 Å². The summed E-state index contributed by atoms with van der Waals surface area (Å²) in [5.74, 6) is -0.135. The topological polar surface area (TPSA) is 95.2 Å². The number of nitrogens with zero attached hydrogens (tertiary/aromatic N) is 1. The lowest BCUT2D eigenvalue weighted by molar-refractivity contribution is 0.0864. The molecule has 0 saturated carbocycles. The monoisotopic (exact) mass is 280 g/mol. The first kappa shape index (κ1) is 13.2. The molecule has 1 heterocycles. The third kappa shape index (κ3) is 2.34. The third-order valence-corrected chi connectivity index (χ3v) is 3.11. The summed E-state index contributed by atoms with van der Waals surface area (Å²) in [6, 6.07) is 5.03. The average Bonchev–Trinajstić information content (AvgIpc) is 2.81. The zero-order valence-corrected chi connectivity index (χ0v) is 11.2. The number of aromatic amines is 1. The smallest absolute Gasteiger partial charge is 0.276 e. The van der Waals surface area contributed by atoms with Crippen molar-refractivity contribution in [2.24, 2.45) is 5.73 Å². The molecule has 0 fully saturated rings. The maximum Gasteiger partial charge on any atom is 0.276 e. The van der Waals surface area contributed by atoms with Crippen molar-refractivity contribution in [1.29, 1.82) is 5.41 Å². The van der Waals surface area contributed by atoms with Crippen LogP contribution >= 0.6 is 11.6 Å². The molecule has 1 aromatic carbocycles. The summed E-state index contributed by atoms with van der Waals surface area (Å²) in [5, 5.41) is 8.44. The quantitative estimate of drug-likeness (QED) is 0.578. The number of hydrogen-bond acceptors (Lipinski definition) is 3. The van der Waals surface area contributed by atoms with Gasteiger partial charge in [0.2, 0.25) is 0 Å². The molecule has 1 amide bonds. The van der Waals surface area contributed by atoms with Crippen LogP contribution in [-0.4, -0.2) is 35.9 Å². The van der Waals surface area contributed by atoms with Crippen molar-refractivity contribution in [1.82, 2.24) is 9.88 Å². The molecule has 2 aromatic rings. The van der Waals surface area contributed by atoms with Gasteiger partial charge in [0.25, 0.3) is 5.91 Å². The van der Waals surface area contributed by atoms with Crippen LogP contribution in [0.4, 0.5) is 0 Å². The van der Waals surface area contributed by atoms with Gasteiger partial charge in [-0.05, 0) is 12.1 Å². The predicted octanol–water partition coefficient (Wildman–Crippen LogP) is 1.80. The van der Waals surface area contributed by atoms with Gasteiger partial charge in [0.15, 0.2) is 5.96 Å². The molecule has 7 heteroatoms. The molecule has 0 unspecified atom stereocenters. The minimum absolute atomic E-state index is 0.308. The van der Waals surface area contributed by atoms with Crippen LogP contribution in [0.2, 0.25) is 5.02 Å². The fourth-order valence-corrected chi connectivity index (χ4v) is 1.96. The first-order valence-electron chi connectivity index (χ1n) is 5.42. The molecular formula is C12H13ClN4O2. The molecule has 6 nitrogen and oxygen atoms in total. The Morgan fingerprint density at radius 2 is 2.16 bits per heavy atom. The second-order valence-corrected chi connectivity index (χ2v) is 4.41. The summed E-state index contributed by atoms with van der Waals surface area (Å²) in [6.45, 7) is 0. The molecule has 0 aliphatic rings. The van der Waals surface area contributed by atoms with Gasteiger partial charge in [-0.3, -0.25) is 15.1 Å². The van der Waals surface area contributed by atoms with Crippen molar-refractivity contribution in [3.8, 4) is 5.75 Å². The molecule has 0 bridgehead atoms. The van der Waals surface area contributed by atoms with Crippen LogP contribution in [0.25, 0.3) is 10.9 Å². The van der Waals surface area contributed by atoms with Gasteiger partial charge in [0, 0.05) is 18.5 Å². The summed E-state index contributed by atoms with van der Waals surface area (Å²) in [5.41, 5.74) is 6.27. The number of fused-ring (bicyclic) bond motifs is 1. The van der Waals surface area contributed by atoms with E-state index in [0.29, 0.717) is 27.4 Å². The van der Waals surface area contributed by atoms with Crippen molar-refractivity contribution in [3.05, 3.63) is 28.9 Å². The molecular weight excluding hydrogens is 268 g/mol. The highest BCUT2D eigenvalue weighted by Crippen LogP contribution is 2.29. The van der Waals surface area contributed by atoms with E-state index in [1.54, 1.807) is 18.2 Å². The lowest BCUT2D eigenvalue weighted by atomic mass is 10.2. The van der Waals surface area contributed by atoms with Crippen molar-refractivity contribution in [2.45, 2.75) is 0 Å². The van der Waals surface area contributed by atoms with Crippen LogP contribution in [-0.2, 0) is 0 Å². The highest BCUT2D eigenvalue weighted by molar-refractivity contribution is 6.35. The van der Waals surface area contributed by atoms with E-state index in [1.165, 1.54) is 14.2 Å². The molecule has 0 saturated heterocycles. The van der Waals surface area contributed by atoms with E-state index in [4.69, 9.17) is 27.5 Å². The van der Waals surface area contributed by atoms with E-state index in [9.17, 15) is 4.79 Å². The van der Waals surface area contributed by atoms with E-state index in [2.05, 4.69) is 4.98 Å². The minimum Gasteiger partial charge on any atom is -0.497 e. The van der Waals surface area contributed by atoms with E-state index < -0.39 is 5.91 Å². The zero-order valence-electron chi connectivity index (χ0n) is 10.5. The number of nitrogens with two attached hydrogens (primary N) is 1. The van der Waals surface area contributed by atoms with E-state index in [1.807, 2.05) is 0 Å². The van der Waals surface area contributed by atoms with Gasteiger partial charge >= 0.3 is 0 Å².